The molecule has 0 unspecified atom stereocenters. The minimum atomic E-state index is 0.707. The van der Waals surface area contributed by atoms with Gasteiger partial charge in [0.25, 0.3) is 0 Å². The van der Waals surface area contributed by atoms with Gasteiger partial charge in [0.1, 0.15) is 5.82 Å². The van der Waals surface area contributed by atoms with E-state index in [1.165, 1.54) is 0 Å². The van der Waals surface area contributed by atoms with Crippen molar-refractivity contribution >= 4 is 5.69 Å². The molecular formula is C15H20N4O. The molecule has 106 valence electrons. The number of nitrogens with one attached hydrogen (secondary N) is 2. The van der Waals surface area contributed by atoms with Crippen LogP contribution in [0.15, 0.2) is 24.3 Å². The third-order valence-corrected chi connectivity index (χ3v) is 3.65. The molecule has 2 N–H and O–H groups in total. The number of ether oxygens (including phenoxy) is 1. The standard InChI is InChI=1S/C15H20N4O/c1-11-17-15(19-18-11)13-3-2-4-14(9-13)16-10-12-5-7-20-8-6-12/h2-4,9,12,16H,5-8,10H2,1H3,(H,17,18,19). The molecule has 0 saturated carbocycles. The predicted octanol–water partition coefficient (Wildman–Crippen LogP) is 2.62. The Morgan fingerprint density at radius 1 is 1.35 bits per heavy atom. The van der Waals surface area contributed by atoms with Crippen LogP contribution in [0.3, 0.4) is 0 Å². The molecule has 5 heteroatoms. The van der Waals surface area contributed by atoms with Crippen LogP contribution in [-0.2, 0) is 4.74 Å². The second-order valence-corrected chi connectivity index (χ2v) is 5.26. The Balaban J connectivity index is 1.65. The number of nitrogens with zero attached hydrogens (tertiary/aromatic N) is 2. The summed E-state index contributed by atoms with van der Waals surface area (Å²) in [7, 11) is 0. The van der Waals surface area contributed by atoms with Gasteiger partial charge in [0.05, 0.1) is 0 Å². The zero-order chi connectivity index (χ0) is 13.8. The number of aromatic nitrogens is 3. The van der Waals surface area contributed by atoms with E-state index >= 15 is 0 Å². The molecule has 2 heterocycles. The quantitative estimate of drug-likeness (QED) is 0.898. The van der Waals surface area contributed by atoms with Crippen LogP contribution in [0.25, 0.3) is 11.4 Å². The number of aryl methyl sites for hydroxylation is 1. The van der Waals surface area contributed by atoms with Crippen molar-refractivity contribution in [3.8, 4) is 11.4 Å². The van der Waals surface area contributed by atoms with Crippen LogP contribution >= 0.6 is 0 Å². The third-order valence-electron chi connectivity index (χ3n) is 3.65. The van der Waals surface area contributed by atoms with Crippen molar-refractivity contribution in [2.75, 3.05) is 25.1 Å². The van der Waals surface area contributed by atoms with E-state index in [1.54, 1.807) is 0 Å². The van der Waals surface area contributed by atoms with Gasteiger partial charge in [-0.3, -0.25) is 5.10 Å². The molecule has 20 heavy (non-hydrogen) atoms. The van der Waals surface area contributed by atoms with Crippen LogP contribution in [-0.4, -0.2) is 34.9 Å². The van der Waals surface area contributed by atoms with Crippen LogP contribution in [0.4, 0.5) is 5.69 Å². The fourth-order valence-corrected chi connectivity index (χ4v) is 2.45. The molecule has 0 atom stereocenters. The lowest BCUT2D eigenvalue weighted by atomic mass is 10.0. The van der Waals surface area contributed by atoms with Gasteiger partial charge >= 0.3 is 0 Å². The highest BCUT2D eigenvalue weighted by molar-refractivity contribution is 5.62. The highest BCUT2D eigenvalue weighted by atomic mass is 16.5. The predicted molar refractivity (Wildman–Crippen MR) is 78.6 cm³/mol. The van der Waals surface area contributed by atoms with E-state index in [2.05, 4.69) is 32.6 Å². The van der Waals surface area contributed by atoms with Crippen molar-refractivity contribution in [3.05, 3.63) is 30.1 Å². The lowest BCUT2D eigenvalue weighted by Gasteiger charge is -2.22. The van der Waals surface area contributed by atoms with Crippen molar-refractivity contribution in [2.24, 2.45) is 5.92 Å². The molecule has 3 rings (SSSR count). The van der Waals surface area contributed by atoms with E-state index in [-0.39, 0.29) is 0 Å². The molecule has 0 amide bonds. The molecule has 1 fully saturated rings. The SMILES string of the molecule is Cc1nc(-c2cccc(NCC3CCOCC3)c2)n[nH]1. The van der Waals surface area contributed by atoms with E-state index in [9.17, 15) is 0 Å². The van der Waals surface area contributed by atoms with Gasteiger partial charge in [-0.25, -0.2) is 4.98 Å². The Labute approximate surface area is 118 Å². The summed E-state index contributed by atoms with van der Waals surface area (Å²) in [5, 5.41) is 10.6. The maximum absolute atomic E-state index is 5.38. The number of rotatable bonds is 4. The molecule has 0 bridgehead atoms. The Morgan fingerprint density at radius 3 is 2.95 bits per heavy atom. The Kier molecular flexibility index (Phi) is 3.97. The van der Waals surface area contributed by atoms with E-state index in [0.29, 0.717) is 5.92 Å². The lowest BCUT2D eigenvalue weighted by Crippen LogP contribution is -2.22. The largest absolute Gasteiger partial charge is 0.385 e. The molecule has 1 aromatic heterocycles. The molecule has 2 aromatic rings. The number of hydrogen-bond acceptors (Lipinski definition) is 4. The van der Waals surface area contributed by atoms with Crippen molar-refractivity contribution in [1.82, 2.24) is 15.2 Å². The minimum absolute atomic E-state index is 0.707. The Hall–Kier alpha value is -1.88. The second kappa shape index (κ2) is 6.05. The summed E-state index contributed by atoms with van der Waals surface area (Å²) < 4.78 is 5.38. The van der Waals surface area contributed by atoms with Crippen LogP contribution in [0.1, 0.15) is 18.7 Å². The van der Waals surface area contributed by atoms with Gasteiger partial charge in [-0.05, 0) is 37.8 Å². The van der Waals surface area contributed by atoms with Gasteiger partial charge in [-0.1, -0.05) is 12.1 Å². The number of aromatic amines is 1. The second-order valence-electron chi connectivity index (χ2n) is 5.26. The molecule has 1 aliphatic rings. The van der Waals surface area contributed by atoms with E-state index in [1.807, 2.05) is 19.1 Å². The van der Waals surface area contributed by atoms with E-state index < -0.39 is 0 Å². The molecule has 5 nitrogen and oxygen atoms in total. The molecular weight excluding hydrogens is 252 g/mol. The molecule has 0 aliphatic carbocycles. The number of anilines is 1. The molecule has 1 saturated heterocycles. The van der Waals surface area contributed by atoms with Crippen molar-refractivity contribution < 1.29 is 4.74 Å². The molecule has 0 spiro atoms. The highest BCUT2D eigenvalue weighted by Gasteiger charge is 2.13. The first kappa shape index (κ1) is 13.1. The van der Waals surface area contributed by atoms with Gasteiger partial charge in [-0.15, -0.1) is 0 Å². The summed E-state index contributed by atoms with van der Waals surface area (Å²) in [6.07, 6.45) is 2.29. The summed E-state index contributed by atoms with van der Waals surface area (Å²) in [6.45, 7) is 4.69. The fourth-order valence-electron chi connectivity index (χ4n) is 2.45. The first-order valence-corrected chi connectivity index (χ1v) is 7.12. The topological polar surface area (TPSA) is 62.8 Å². The zero-order valence-corrected chi connectivity index (χ0v) is 11.7. The highest BCUT2D eigenvalue weighted by Crippen LogP contribution is 2.21. The molecule has 1 aromatic carbocycles. The van der Waals surface area contributed by atoms with E-state index in [0.717, 1.165) is 55.5 Å². The number of H-pyrrole nitrogens is 1. The van der Waals surface area contributed by atoms with Gasteiger partial charge in [0.15, 0.2) is 5.82 Å². The van der Waals surface area contributed by atoms with Gasteiger partial charge < -0.3 is 10.1 Å². The van der Waals surface area contributed by atoms with Crippen LogP contribution in [0.2, 0.25) is 0 Å². The van der Waals surface area contributed by atoms with Gasteiger partial charge in [0, 0.05) is 31.0 Å². The summed E-state index contributed by atoms with van der Waals surface area (Å²) in [5.74, 6) is 2.29. The van der Waals surface area contributed by atoms with Gasteiger partial charge in [-0.2, -0.15) is 5.10 Å². The van der Waals surface area contributed by atoms with Gasteiger partial charge in [0.2, 0.25) is 0 Å². The average Bonchev–Trinajstić information content (AvgIpc) is 2.93. The Bertz CT molecular complexity index is 561. The van der Waals surface area contributed by atoms with Crippen molar-refractivity contribution in [1.29, 1.82) is 0 Å². The average molecular weight is 272 g/mol. The van der Waals surface area contributed by atoms with E-state index in [4.69, 9.17) is 4.74 Å². The van der Waals surface area contributed by atoms with Crippen LogP contribution < -0.4 is 5.32 Å². The zero-order valence-electron chi connectivity index (χ0n) is 11.7. The monoisotopic (exact) mass is 272 g/mol. The summed E-state index contributed by atoms with van der Waals surface area (Å²) >= 11 is 0. The summed E-state index contributed by atoms with van der Waals surface area (Å²) in [6, 6.07) is 8.25. The minimum Gasteiger partial charge on any atom is -0.385 e. The molecule has 0 radical (unpaired) electrons. The first-order chi connectivity index (χ1) is 9.81. The van der Waals surface area contributed by atoms with Crippen molar-refractivity contribution in [2.45, 2.75) is 19.8 Å². The molecule has 1 aliphatic heterocycles. The number of hydrogen-bond donors (Lipinski definition) is 2. The van der Waals surface area contributed by atoms with Crippen LogP contribution in [0, 0.1) is 12.8 Å². The normalized spacial score (nSPS) is 16.2. The number of benzene rings is 1. The maximum atomic E-state index is 5.38. The smallest absolute Gasteiger partial charge is 0.181 e. The lowest BCUT2D eigenvalue weighted by molar-refractivity contribution is 0.0699. The third kappa shape index (κ3) is 3.17. The van der Waals surface area contributed by atoms with Crippen LogP contribution in [0.5, 0.6) is 0 Å². The van der Waals surface area contributed by atoms with Crippen molar-refractivity contribution in [3.63, 3.8) is 0 Å². The Morgan fingerprint density at radius 2 is 2.20 bits per heavy atom. The first-order valence-electron chi connectivity index (χ1n) is 7.12. The fraction of sp³-hybridized carbons (Fsp3) is 0.467. The summed E-state index contributed by atoms with van der Waals surface area (Å²) in [5.41, 5.74) is 2.16. The summed E-state index contributed by atoms with van der Waals surface area (Å²) in [4.78, 5) is 4.36. The maximum Gasteiger partial charge on any atom is 0.181 e.